The lowest BCUT2D eigenvalue weighted by Crippen LogP contribution is -2.55. The fourth-order valence-electron chi connectivity index (χ4n) is 4.12. The first kappa shape index (κ1) is 16.2. The smallest absolute Gasteiger partial charge is 0.409 e. The molecule has 130 valence electrons. The predicted octanol–water partition coefficient (Wildman–Crippen LogP) is 3.58. The number of amides is 1. The van der Waals surface area contributed by atoms with Gasteiger partial charge < -0.3 is 14.5 Å². The summed E-state index contributed by atoms with van der Waals surface area (Å²) < 4.78 is 34.9. The van der Waals surface area contributed by atoms with Gasteiger partial charge in [-0.2, -0.15) is 8.78 Å². The van der Waals surface area contributed by atoms with Crippen LogP contribution in [0.15, 0.2) is 18.2 Å². The molecule has 0 aliphatic carbocycles. The van der Waals surface area contributed by atoms with Crippen molar-refractivity contribution in [3.05, 3.63) is 23.8 Å². The number of anilines is 2. The second-order valence-corrected chi connectivity index (χ2v) is 7.36. The van der Waals surface area contributed by atoms with Crippen molar-refractivity contribution in [2.24, 2.45) is 0 Å². The first-order chi connectivity index (χ1) is 11.4. The summed E-state index contributed by atoms with van der Waals surface area (Å²) in [5.74, 6) is 0.0526. The molecule has 2 atom stereocenters. The Balaban J connectivity index is 1.70. The summed E-state index contributed by atoms with van der Waals surface area (Å²) in [6, 6.07) is 2.68. The Labute approximate surface area is 153 Å². The summed E-state index contributed by atoms with van der Waals surface area (Å²) in [5.41, 5.74) is 2.52. The molecule has 8 heteroatoms. The summed E-state index contributed by atoms with van der Waals surface area (Å²) in [5, 5.41) is 0. The molecule has 1 aromatic rings. The quantitative estimate of drug-likeness (QED) is 0.373. The van der Waals surface area contributed by atoms with Crippen LogP contribution in [-0.2, 0) is 4.74 Å². The Hall–Kier alpha value is -1.32. The topological polar surface area (TPSA) is 36.0 Å². The van der Waals surface area contributed by atoms with E-state index < -0.39 is 6.05 Å². The van der Waals surface area contributed by atoms with Crippen LogP contribution in [0.2, 0.25) is 0 Å². The Morgan fingerprint density at radius 3 is 3.00 bits per heavy atom. The maximum atomic E-state index is 14.4. The van der Waals surface area contributed by atoms with Crippen LogP contribution in [0.5, 0.6) is 0 Å². The molecule has 0 aromatic heterocycles. The van der Waals surface area contributed by atoms with Crippen LogP contribution >= 0.6 is 22.9 Å². The number of para-hydroxylation sites is 1. The van der Waals surface area contributed by atoms with Gasteiger partial charge in [0.2, 0.25) is 0 Å². The largest absolute Gasteiger partial charge is 0.450 e. The fourth-order valence-corrected chi connectivity index (χ4v) is 4.67. The highest BCUT2D eigenvalue weighted by molar-refractivity contribution is 14.1. The van der Waals surface area contributed by atoms with Crippen LogP contribution < -0.4 is 8.01 Å². The van der Waals surface area contributed by atoms with Crippen molar-refractivity contribution in [3.8, 4) is 0 Å². The molecular formula is C16H18F2IN3O2. The van der Waals surface area contributed by atoms with Gasteiger partial charge in [0.15, 0.2) is 0 Å². The van der Waals surface area contributed by atoms with Gasteiger partial charge in [-0.05, 0) is 25.0 Å². The van der Waals surface area contributed by atoms with Crippen molar-refractivity contribution in [2.45, 2.75) is 31.4 Å². The number of ether oxygens (including phenoxy) is 1. The van der Waals surface area contributed by atoms with E-state index in [1.807, 2.05) is 17.0 Å². The molecule has 0 saturated carbocycles. The SMILES string of the molecule is CCOC(=O)N1CC[C@H]2[C@@H](C1)c1cccc3c1N2CC(F)(F)N3I. The molecule has 3 aliphatic heterocycles. The highest BCUT2D eigenvalue weighted by atomic mass is 127. The number of carbonyl (C=O) groups excluding carboxylic acids is 1. The van der Waals surface area contributed by atoms with Gasteiger partial charge >= 0.3 is 12.1 Å². The van der Waals surface area contributed by atoms with Gasteiger partial charge in [0.25, 0.3) is 0 Å². The zero-order valence-electron chi connectivity index (χ0n) is 13.2. The minimum absolute atomic E-state index is 0.0165. The molecule has 0 spiro atoms. The minimum atomic E-state index is -2.90. The molecule has 1 saturated heterocycles. The standard InChI is InChI=1S/C16H18F2IN3O2/c1-2-24-15(23)20-7-6-12-11(8-20)10-4-3-5-13-14(10)21(12)9-16(17,18)22(13)19/h3-5,11-12H,2,6-9H2,1H3/t11-,12-/m0/s1. The number of piperidine rings is 1. The lowest BCUT2D eigenvalue weighted by atomic mass is 9.89. The molecule has 0 unspecified atom stereocenters. The molecule has 1 amide bonds. The number of carbonyl (C=O) groups is 1. The average Bonchev–Trinajstić information content (AvgIpc) is 2.87. The molecule has 3 heterocycles. The first-order valence-corrected chi connectivity index (χ1v) is 9.05. The molecule has 0 radical (unpaired) electrons. The number of hydrogen-bond donors (Lipinski definition) is 0. The lowest BCUT2D eigenvalue weighted by Gasteiger charge is -2.43. The second-order valence-electron chi connectivity index (χ2n) is 6.40. The highest BCUT2D eigenvalue weighted by Gasteiger charge is 2.53. The van der Waals surface area contributed by atoms with Crippen molar-refractivity contribution in [1.82, 2.24) is 4.90 Å². The van der Waals surface area contributed by atoms with Gasteiger partial charge in [-0.25, -0.2) is 4.79 Å². The molecule has 1 aromatic carbocycles. The van der Waals surface area contributed by atoms with E-state index in [0.717, 1.165) is 14.4 Å². The van der Waals surface area contributed by atoms with Gasteiger partial charge in [-0.1, -0.05) is 12.1 Å². The number of hydrogen-bond acceptors (Lipinski definition) is 4. The van der Waals surface area contributed by atoms with E-state index in [1.165, 1.54) is 0 Å². The lowest BCUT2D eigenvalue weighted by molar-refractivity contribution is 0.0215. The normalized spacial score (nSPS) is 26.9. The Morgan fingerprint density at radius 2 is 2.25 bits per heavy atom. The number of benzene rings is 1. The number of fused-ring (bicyclic) bond motifs is 3. The third kappa shape index (κ3) is 2.25. The summed E-state index contributed by atoms with van der Waals surface area (Å²) in [6.07, 6.45) is 0.359. The number of rotatable bonds is 1. The number of nitrogens with zero attached hydrogens (tertiary/aromatic N) is 3. The zero-order chi connectivity index (χ0) is 17.1. The maximum Gasteiger partial charge on any atom is 0.409 e. The van der Waals surface area contributed by atoms with Crippen LogP contribution in [0.3, 0.4) is 0 Å². The molecule has 5 nitrogen and oxygen atoms in total. The van der Waals surface area contributed by atoms with Crippen molar-refractivity contribution in [2.75, 3.05) is 34.3 Å². The van der Waals surface area contributed by atoms with Gasteiger partial charge in [-0.3, -0.25) is 3.11 Å². The van der Waals surface area contributed by atoms with Gasteiger partial charge in [-0.15, -0.1) is 0 Å². The van der Waals surface area contributed by atoms with Crippen LogP contribution in [0, 0.1) is 0 Å². The van der Waals surface area contributed by atoms with Crippen LogP contribution in [0.1, 0.15) is 24.8 Å². The Bertz CT molecular complexity index is 687. The summed E-state index contributed by atoms with van der Waals surface area (Å²) in [6.45, 7) is 2.87. The molecule has 0 bridgehead atoms. The number of halogens is 3. The Morgan fingerprint density at radius 1 is 1.46 bits per heavy atom. The van der Waals surface area contributed by atoms with E-state index in [4.69, 9.17) is 4.74 Å². The molecule has 4 rings (SSSR count). The number of likely N-dealkylation sites (tertiary alicyclic amines) is 1. The van der Waals surface area contributed by atoms with Crippen molar-refractivity contribution in [3.63, 3.8) is 0 Å². The van der Waals surface area contributed by atoms with E-state index in [9.17, 15) is 13.6 Å². The van der Waals surface area contributed by atoms with Crippen molar-refractivity contribution >= 4 is 40.3 Å². The van der Waals surface area contributed by atoms with E-state index in [2.05, 4.69) is 0 Å². The predicted molar refractivity (Wildman–Crippen MR) is 95.0 cm³/mol. The Kier molecular flexibility index (Phi) is 3.77. The van der Waals surface area contributed by atoms with Crippen molar-refractivity contribution in [1.29, 1.82) is 0 Å². The monoisotopic (exact) mass is 449 g/mol. The summed E-state index contributed by atoms with van der Waals surface area (Å²) in [4.78, 5) is 15.6. The van der Waals surface area contributed by atoms with Gasteiger partial charge in [0.1, 0.15) is 6.54 Å². The van der Waals surface area contributed by atoms with Crippen LogP contribution in [-0.4, -0.2) is 49.3 Å². The fraction of sp³-hybridized carbons (Fsp3) is 0.562. The second kappa shape index (κ2) is 5.60. The highest BCUT2D eigenvalue weighted by Crippen LogP contribution is 2.54. The van der Waals surface area contributed by atoms with Crippen molar-refractivity contribution < 1.29 is 18.3 Å². The molecule has 24 heavy (non-hydrogen) atoms. The van der Waals surface area contributed by atoms with E-state index >= 15 is 0 Å². The van der Waals surface area contributed by atoms with Crippen LogP contribution in [0.25, 0.3) is 0 Å². The first-order valence-electron chi connectivity index (χ1n) is 8.09. The summed E-state index contributed by atoms with van der Waals surface area (Å²) in [7, 11) is 0. The molecule has 1 fully saturated rings. The van der Waals surface area contributed by atoms with E-state index in [1.54, 1.807) is 40.8 Å². The molecule has 3 aliphatic rings. The minimum Gasteiger partial charge on any atom is -0.450 e. The molecule has 0 N–H and O–H groups in total. The third-order valence-corrected chi connectivity index (χ3v) is 6.32. The third-order valence-electron chi connectivity index (χ3n) is 5.09. The summed E-state index contributed by atoms with van der Waals surface area (Å²) >= 11 is 1.70. The maximum absolute atomic E-state index is 14.4. The van der Waals surface area contributed by atoms with E-state index in [0.29, 0.717) is 31.8 Å². The average molecular weight is 449 g/mol. The number of alkyl halides is 2. The van der Waals surface area contributed by atoms with Gasteiger partial charge in [0.05, 0.1) is 40.8 Å². The van der Waals surface area contributed by atoms with Gasteiger partial charge in [0, 0.05) is 25.0 Å². The zero-order valence-corrected chi connectivity index (χ0v) is 15.4. The molecular weight excluding hydrogens is 431 g/mol. The van der Waals surface area contributed by atoms with E-state index in [-0.39, 0.29) is 24.6 Å². The van der Waals surface area contributed by atoms with Crippen LogP contribution in [0.4, 0.5) is 25.0 Å².